The summed E-state index contributed by atoms with van der Waals surface area (Å²) in [6, 6.07) is 10.1. The van der Waals surface area contributed by atoms with E-state index < -0.39 is 18.4 Å². The van der Waals surface area contributed by atoms with Gasteiger partial charge in [-0.25, -0.2) is 0 Å². The Bertz CT molecular complexity index is 621. The Morgan fingerprint density at radius 3 is 2.74 bits per heavy atom. The first-order valence-corrected chi connectivity index (χ1v) is 5.80. The molecule has 0 aliphatic rings. The molecule has 0 radical (unpaired) electrons. The molecule has 0 aliphatic heterocycles. The summed E-state index contributed by atoms with van der Waals surface area (Å²) in [7, 11) is 0. The van der Waals surface area contributed by atoms with Gasteiger partial charge in [0.15, 0.2) is 5.76 Å². The Morgan fingerprint density at radius 1 is 1.26 bits per heavy atom. The molecule has 0 fully saturated rings. The van der Waals surface area contributed by atoms with E-state index in [0.29, 0.717) is 10.8 Å². The van der Waals surface area contributed by atoms with Gasteiger partial charge in [-0.15, -0.1) is 0 Å². The first kappa shape index (κ1) is 13.2. The Hall–Kier alpha value is -2.27. The average molecular weight is 280 g/mol. The summed E-state index contributed by atoms with van der Waals surface area (Å²) in [5, 5.41) is 11.2. The monoisotopic (exact) mass is 279 g/mol. The number of aliphatic carboxylic acids is 1. The van der Waals surface area contributed by atoms with E-state index in [0.717, 1.165) is 5.56 Å². The van der Waals surface area contributed by atoms with Crippen molar-refractivity contribution in [3.05, 3.63) is 47.2 Å². The topological polar surface area (TPSA) is 79.5 Å². The fourth-order valence-corrected chi connectivity index (χ4v) is 1.69. The van der Waals surface area contributed by atoms with Crippen LogP contribution in [0.2, 0.25) is 5.02 Å². The zero-order valence-corrected chi connectivity index (χ0v) is 10.5. The van der Waals surface area contributed by atoms with Crippen molar-refractivity contribution in [3.8, 4) is 11.3 Å². The van der Waals surface area contributed by atoms with Gasteiger partial charge in [0, 0.05) is 10.6 Å². The highest BCUT2D eigenvalue weighted by Crippen LogP contribution is 2.24. The Morgan fingerprint density at radius 2 is 2.05 bits per heavy atom. The van der Waals surface area contributed by atoms with Gasteiger partial charge in [0.25, 0.3) is 5.91 Å². The Labute approximate surface area is 113 Å². The average Bonchev–Trinajstić information content (AvgIpc) is 2.85. The van der Waals surface area contributed by atoms with Crippen LogP contribution in [0.5, 0.6) is 0 Å². The number of carboxylic acids is 1. The summed E-state index contributed by atoms with van der Waals surface area (Å²) in [5.41, 5.74) is 0.741. The molecule has 2 rings (SSSR count). The quantitative estimate of drug-likeness (QED) is 0.901. The molecule has 0 atom stereocenters. The highest BCUT2D eigenvalue weighted by molar-refractivity contribution is 6.30. The molecule has 5 nitrogen and oxygen atoms in total. The SMILES string of the molecule is O=C(O)CNC(=O)c1ccc(-c2cccc(Cl)c2)o1. The van der Waals surface area contributed by atoms with Crippen molar-refractivity contribution < 1.29 is 19.1 Å². The number of hydrogen-bond donors (Lipinski definition) is 2. The van der Waals surface area contributed by atoms with Gasteiger partial charge in [0.05, 0.1) is 0 Å². The maximum Gasteiger partial charge on any atom is 0.322 e. The maximum atomic E-state index is 11.6. The Kier molecular flexibility index (Phi) is 3.87. The smallest absolute Gasteiger partial charge is 0.322 e. The molecule has 6 heteroatoms. The zero-order chi connectivity index (χ0) is 13.8. The lowest BCUT2D eigenvalue weighted by Gasteiger charge is -1.99. The molecule has 0 bridgehead atoms. The second-order valence-electron chi connectivity index (χ2n) is 3.75. The van der Waals surface area contributed by atoms with E-state index in [9.17, 15) is 9.59 Å². The maximum absolute atomic E-state index is 11.6. The van der Waals surface area contributed by atoms with Gasteiger partial charge in [-0.1, -0.05) is 23.7 Å². The van der Waals surface area contributed by atoms with E-state index in [1.165, 1.54) is 6.07 Å². The standard InChI is InChI=1S/C13H10ClNO4/c14-9-3-1-2-8(6-9)10-4-5-11(19-10)13(18)15-7-12(16)17/h1-6H,7H2,(H,15,18)(H,16,17). The van der Waals surface area contributed by atoms with Crippen molar-refractivity contribution >= 4 is 23.5 Å². The number of carboxylic acid groups (broad SMARTS) is 1. The normalized spacial score (nSPS) is 10.2. The van der Waals surface area contributed by atoms with Crippen molar-refractivity contribution in [1.29, 1.82) is 0 Å². The molecule has 2 aromatic rings. The van der Waals surface area contributed by atoms with Crippen molar-refractivity contribution in [2.75, 3.05) is 6.54 Å². The van der Waals surface area contributed by atoms with Gasteiger partial charge < -0.3 is 14.8 Å². The van der Waals surface area contributed by atoms with Crippen LogP contribution in [0.1, 0.15) is 10.6 Å². The molecule has 0 aliphatic carbocycles. The third-order valence-corrected chi connectivity index (χ3v) is 2.57. The summed E-state index contributed by atoms with van der Waals surface area (Å²) >= 11 is 5.86. The molecular weight excluding hydrogens is 270 g/mol. The molecule has 0 saturated heterocycles. The van der Waals surface area contributed by atoms with Crippen LogP contribution in [0.4, 0.5) is 0 Å². The van der Waals surface area contributed by atoms with Crippen LogP contribution >= 0.6 is 11.6 Å². The van der Waals surface area contributed by atoms with Crippen molar-refractivity contribution in [2.24, 2.45) is 0 Å². The molecule has 1 heterocycles. The molecule has 0 saturated carbocycles. The van der Waals surface area contributed by atoms with E-state index in [-0.39, 0.29) is 5.76 Å². The van der Waals surface area contributed by atoms with Crippen LogP contribution in [0.3, 0.4) is 0 Å². The predicted molar refractivity (Wildman–Crippen MR) is 69.1 cm³/mol. The third kappa shape index (κ3) is 3.35. The first-order valence-electron chi connectivity index (χ1n) is 5.42. The van der Waals surface area contributed by atoms with Gasteiger partial charge in [-0.2, -0.15) is 0 Å². The van der Waals surface area contributed by atoms with Crippen molar-refractivity contribution in [1.82, 2.24) is 5.32 Å². The van der Waals surface area contributed by atoms with E-state index in [1.807, 2.05) is 0 Å². The predicted octanol–water partition coefficient (Wildman–Crippen LogP) is 2.41. The minimum Gasteiger partial charge on any atom is -0.480 e. The largest absolute Gasteiger partial charge is 0.480 e. The van der Waals surface area contributed by atoms with Gasteiger partial charge in [-0.05, 0) is 24.3 Å². The molecule has 1 aromatic heterocycles. The minimum absolute atomic E-state index is 0.0521. The van der Waals surface area contributed by atoms with Crippen LogP contribution in [-0.4, -0.2) is 23.5 Å². The number of carbonyl (C=O) groups excluding carboxylic acids is 1. The van der Waals surface area contributed by atoms with E-state index in [2.05, 4.69) is 5.32 Å². The Balaban J connectivity index is 2.15. The summed E-state index contributed by atoms with van der Waals surface area (Å²) in [6.45, 7) is -0.452. The molecule has 2 N–H and O–H groups in total. The molecule has 19 heavy (non-hydrogen) atoms. The molecule has 1 aromatic carbocycles. The summed E-state index contributed by atoms with van der Waals surface area (Å²) in [6.07, 6.45) is 0. The van der Waals surface area contributed by atoms with Gasteiger partial charge in [0.2, 0.25) is 0 Å². The molecule has 0 unspecified atom stereocenters. The van der Waals surface area contributed by atoms with Crippen molar-refractivity contribution in [2.45, 2.75) is 0 Å². The summed E-state index contributed by atoms with van der Waals surface area (Å²) in [5.74, 6) is -1.15. The van der Waals surface area contributed by atoms with Crippen molar-refractivity contribution in [3.63, 3.8) is 0 Å². The van der Waals surface area contributed by atoms with Gasteiger partial charge >= 0.3 is 5.97 Å². The highest BCUT2D eigenvalue weighted by atomic mass is 35.5. The molecule has 1 amide bonds. The van der Waals surface area contributed by atoms with E-state index >= 15 is 0 Å². The fourth-order valence-electron chi connectivity index (χ4n) is 1.50. The van der Waals surface area contributed by atoms with Crippen LogP contribution in [0.25, 0.3) is 11.3 Å². The first-order chi connectivity index (χ1) is 9.06. The molecule has 0 spiro atoms. The minimum atomic E-state index is -1.12. The number of amides is 1. The number of rotatable bonds is 4. The third-order valence-electron chi connectivity index (χ3n) is 2.34. The number of benzene rings is 1. The van der Waals surface area contributed by atoms with Crippen LogP contribution < -0.4 is 5.32 Å². The number of hydrogen-bond acceptors (Lipinski definition) is 3. The lowest BCUT2D eigenvalue weighted by Crippen LogP contribution is -2.28. The number of carbonyl (C=O) groups is 2. The van der Waals surface area contributed by atoms with E-state index in [4.69, 9.17) is 21.1 Å². The lowest BCUT2D eigenvalue weighted by atomic mass is 10.2. The summed E-state index contributed by atoms with van der Waals surface area (Å²) in [4.78, 5) is 21.9. The van der Waals surface area contributed by atoms with Crippen LogP contribution in [0.15, 0.2) is 40.8 Å². The second kappa shape index (κ2) is 5.58. The zero-order valence-electron chi connectivity index (χ0n) is 9.72. The number of halogens is 1. The number of furan rings is 1. The molecular formula is C13H10ClNO4. The van der Waals surface area contributed by atoms with E-state index in [1.54, 1.807) is 30.3 Å². The lowest BCUT2D eigenvalue weighted by molar-refractivity contribution is -0.135. The van der Waals surface area contributed by atoms with Crippen LogP contribution in [-0.2, 0) is 4.79 Å². The number of nitrogens with one attached hydrogen (secondary N) is 1. The second-order valence-corrected chi connectivity index (χ2v) is 4.19. The summed E-state index contributed by atoms with van der Waals surface area (Å²) < 4.78 is 5.36. The van der Waals surface area contributed by atoms with Gasteiger partial charge in [0.1, 0.15) is 12.3 Å². The highest BCUT2D eigenvalue weighted by Gasteiger charge is 2.13. The molecule has 98 valence electrons. The van der Waals surface area contributed by atoms with Crippen LogP contribution in [0, 0.1) is 0 Å². The van der Waals surface area contributed by atoms with Gasteiger partial charge in [-0.3, -0.25) is 9.59 Å². The fraction of sp³-hybridized carbons (Fsp3) is 0.0769.